The van der Waals surface area contributed by atoms with E-state index in [0.717, 1.165) is 0 Å². The summed E-state index contributed by atoms with van der Waals surface area (Å²) in [6, 6.07) is 8.56. The fourth-order valence-corrected chi connectivity index (χ4v) is 1.62. The standard InChI is InChI=1S/C8H8O3S/c9-8(10)6-12(11)7-4-2-1-3-5-7/h1-5H,6H2,(H,9,10)/i4+1,7+1. The van der Waals surface area contributed by atoms with E-state index in [0.29, 0.717) is 4.90 Å². The smallest absolute Gasteiger partial charge is 0.316 e. The van der Waals surface area contributed by atoms with Gasteiger partial charge in [0, 0.05) is 4.90 Å². The maximum Gasteiger partial charge on any atom is 0.316 e. The van der Waals surface area contributed by atoms with Gasteiger partial charge in [-0.15, -0.1) is 0 Å². The number of hydrogen-bond acceptors (Lipinski definition) is 2. The second kappa shape index (κ2) is 4.01. The Bertz CT molecular complexity index is 294. The van der Waals surface area contributed by atoms with Crippen LogP contribution in [0.1, 0.15) is 0 Å². The Balaban J connectivity index is 2.73. The highest BCUT2D eigenvalue weighted by Crippen LogP contribution is 2.04. The molecule has 12 heavy (non-hydrogen) atoms. The lowest BCUT2D eigenvalue weighted by Gasteiger charge is -1.96. The summed E-state index contributed by atoms with van der Waals surface area (Å²) >= 11 is 0. The highest BCUT2D eigenvalue weighted by molar-refractivity contribution is 7.85. The topological polar surface area (TPSA) is 54.4 Å². The van der Waals surface area contributed by atoms with E-state index in [1.165, 1.54) is 0 Å². The van der Waals surface area contributed by atoms with Crippen molar-refractivity contribution in [2.75, 3.05) is 5.75 Å². The quantitative estimate of drug-likeness (QED) is 0.762. The molecule has 1 aromatic rings. The van der Waals surface area contributed by atoms with E-state index in [1.54, 1.807) is 30.3 Å². The van der Waals surface area contributed by atoms with Gasteiger partial charge in [0.2, 0.25) is 0 Å². The number of carboxylic acid groups (broad SMARTS) is 1. The van der Waals surface area contributed by atoms with Crippen LogP contribution in [0.15, 0.2) is 35.2 Å². The van der Waals surface area contributed by atoms with E-state index >= 15 is 0 Å². The first-order chi connectivity index (χ1) is 5.70. The molecule has 4 heteroatoms. The molecule has 1 unspecified atom stereocenters. The van der Waals surface area contributed by atoms with Gasteiger partial charge >= 0.3 is 5.97 Å². The predicted octanol–water partition coefficient (Wildman–Crippen LogP) is 0.879. The molecule has 0 saturated carbocycles. The second-order valence-electron chi connectivity index (χ2n) is 2.20. The summed E-state index contributed by atoms with van der Waals surface area (Å²) in [5, 5.41) is 8.35. The minimum absolute atomic E-state index is 0.329. The summed E-state index contributed by atoms with van der Waals surface area (Å²) in [5.74, 6) is -1.37. The summed E-state index contributed by atoms with van der Waals surface area (Å²) in [5.41, 5.74) is 0. The van der Waals surface area contributed by atoms with Crippen molar-refractivity contribution in [1.29, 1.82) is 0 Å². The molecule has 0 aliphatic heterocycles. The zero-order valence-corrected chi connectivity index (χ0v) is 7.08. The fraction of sp³-hybridized carbons (Fsp3) is 0.125. The van der Waals surface area contributed by atoms with Crippen LogP contribution < -0.4 is 0 Å². The summed E-state index contributed by atoms with van der Waals surface area (Å²) in [6.07, 6.45) is 0. The third-order valence-corrected chi connectivity index (χ3v) is 2.57. The van der Waals surface area contributed by atoms with Gasteiger partial charge in [0.15, 0.2) is 0 Å². The normalized spacial score (nSPS) is 12.3. The average molecular weight is 186 g/mol. The van der Waals surface area contributed by atoms with Crippen LogP contribution in [0.4, 0.5) is 0 Å². The first-order valence-electron chi connectivity index (χ1n) is 3.35. The van der Waals surface area contributed by atoms with Crippen molar-refractivity contribution in [2.24, 2.45) is 0 Å². The lowest BCUT2D eigenvalue weighted by Crippen LogP contribution is -2.08. The highest BCUT2D eigenvalue weighted by Gasteiger charge is 2.06. The highest BCUT2D eigenvalue weighted by atomic mass is 32.2. The lowest BCUT2D eigenvalue weighted by molar-refractivity contribution is -0.133. The Morgan fingerprint density at radius 1 is 1.33 bits per heavy atom. The van der Waals surface area contributed by atoms with Crippen molar-refractivity contribution >= 4 is 16.8 Å². The Kier molecular flexibility index (Phi) is 2.99. The molecule has 0 aromatic heterocycles. The predicted molar refractivity (Wildman–Crippen MR) is 45.4 cm³/mol. The molecule has 0 bridgehead atoms. The number of hydrogen-bond donors (Lipinski definition) is 1. The molecule has 0 fully saturated rings. The summed E-state index contributed by atoms with van der Waals surface area (Å²) in [6.45, 7) is 0. The third-order valence-electron chi connectivity index (χ3n) is 1.26. The molecule has 1 N–H and O–H groups in total. The Hall–Kier alpha value is -1.16. The van der Waals surface area contributed by atoms with Gasteiger partial charge in [-0.1, -0.05) is 18.2 Å². The van der Waals surface area contributed by atoms with Gasteiger partial charge in [0.25, 0.3) is 0 Å². The van der Waals surface area contributed by atoms with Crippen molar-refractivity contribution in [1.82, 2.24) is 0 Å². The zero-order chi connectivity index (χ0) is 8.97. The van der Waals surface area contributed by atoms with E-state index in [9.17, 15) is 9.00 Å². The van der Waals surface area contributed by atoms with Crippen LogP contribution in [-0.4, -0.2) is 21.0 Å². The number of carboxylic acids is 1. The maximum absolute atomic E-state index is 11.2. The molecule has 0 aliphatic rings. The van der Waals surface area contributed by atoms with Gasteiger partial charge in [-0.2, -0.15) is 0 Å². The molecule has 0 aliphatic carbocycles. The molecule has 0 radical (unpaired) electrons. The molecule has 0 saturated heterocycles. The molecule has 0 heterocycles. The van der Waals surface area contributed by atoms with Crippen molar-refractivity contribution in [2.45, 2.75) is 4.90 Å². The van der Waals surface area contributed by atoms with Crippen molar-refractivity contribution in [3.8, 4) is 0 Å². The van der Waals surface area contributed by atoms with Crippen LogP contribution in [0.2, 0.25) is 0 Å². The minimum Gasteiger partial charge on any atom is -0.481 e. The summed E-state index contributed by atoms with van der Waals surface area (Å²) < 4.78 is 11.2. The molecule has 0 spiro atoms. The van der Waals surface area contributed by atoms with Crippen LogP contribution in [0, 0.1) is 0 Å². The fourth-order valence-electron chi connectivity index (χ4n) is 0.768. The number of carbonyl (C=O) groups is 1. The molecular formula is C8H8O3S. The van der Waals surface area contributed by atoms with Crippen molar-refractivity contribution < 1.29 is 14.1 Å². The van der Waals surface area contributed by atoms with Crippen molar-refractivity contribution in [3.05, 3.63) is 30.3 Å². The van der Waals surface area contributed by atoms with E-state index in [2.05, 4.69) is 0 Å². The molecule has 1 atom stereocenters. The van der Waals surface area contributed by atoms with E-state index in [1.807, 2.05) is 0 Å². The summed E-state index contributed by atoms with van der Waals surface area (Å²) in [4.78, 5) is 10.7. The molecular weight excluding hydrogens is 178 g/mol. The largest absolute Gasteiger partial charge is 0.481 e. The maximum atomic E-state index is 11.2. The minimum atomic E-state index is -1.41. The molecule has 1 rings (SSSR count). The molecule has 3 nitrogen and oxygen atoms in total. The van der Waals surface area contributed by atoms with Gasteiger partial charge < -0.3 is 5.11 Å². The summed E-state index contributed by atoms with van der Waals surface area (Å²) in [7, 11) is -1.41. The first-order valence-corrected chi connectivity index (χ1v) is 4.67. The monoisotopic (exact) mass is 186 g/mol. The van der Waals surface area contributed by atoms with Gasteiger partial charge in [-0.05, 0) is 12.1 Å². The van der Waals surface area contributed by atoms with Crippen LogP contribution >= 0.6 is 0 Å². The van der Waals surface area contributed by atoms with E-state index < -0.39 is 16.8 Å². The Labute approximate surface area is 72.5 Å². The van der Waals surface area contributed by atoms with Gasteiger partial charge in [0.1, 0.15) is 5.75 Å². The second-order valence-corrected chi connectivity index (χ2v) is 3.65. The van der Waals surface area contributed by atoms with Crippen LogP contribution in [0.3, 0.4) is 0 Å². The Morgan fingerprint density at radius 3 is 2.42 bits per heavy atom. The SMILES string of the molecule is O=C(O)CS(=O)[13c]1cccc[13cH]1. The first kappa shape index (κ1) is 8.93. The number of benzene rings is 1. The van der Waals surface area contributed by atoms with Gasteiger partial charge in [-0.25, -0.2) is 0 Å². The van der Waals surface area contributed by atoms with Crippen LogP contribution in [0.5, 0.6) is 0 Å². The van der Waals surface area contributed by atoms with E-state index in [-0.39, 0.29) is 5.75 Å². The van der Waals surface area contributed by atoms with Gasteiger partial charge in [-0.3, -0.25) is 9.00 Å². The van der Waals surface area contributed by atoms with E-state index in [4.69, 9.17) is 5.11 Å². The number of rotatable bonds is 3. The average Bonchev–Trinajstić information content (AvgIpc) is 2.05. The van der Waals surface area contributed by atoms with Crippen LogP contribution in [-0.2, 0) is 15.6 Å². The van der Waals surface area contributed by atoms with Gasteiger partial charge in [0.05, 0.1) is 10.8 Å². The van der Waals surface area contributed by atoms with Crippen LogP contribution in [0.25, 0.3) is 0 Å². The number of aliphatic carboxylic acids is 1. The molecule has 0 amide bonds. The Morgan fingerprint density at radius 2 is 1.92 bits per heavy atom. The molecule has 1 aromatic carbocycles. The van der Waals surface area contributed by atoms with Crippen molar-refractivity contribution in [3.63, 3.8) is 0 Å². The lowest BCUT2D eigenvalue weighted by atomic mass is 10.6. The molecule has 64 valence electrons. The third kappa shape index (κ3) is 2.47. The zero-order valence-electron chi connectivity index (χ0n) is 6.27.